The normalized spacial score (nSPS) is 17.6. The lowest BCUT2D eigenvalue weighted by Crippen LogP contribution is -2.36. The molecule has 2 atom stereocenters. The number of hydrogen-bond donors (Lipinski definition) is 1. The summed E-state index contributed by atoms with van der Waals surface area (Å²) in [4.78, 5) is 26.0. The second-order valence-corrected chi connectivity index (χ2v) is 8.63. The lowest BCUT2D eigenvalue weighted by molar-refractivity contribution is -0.173. The van der Waals surface area contributed by atoms with Gasteiger partial charge in [-0.3, -0.25) is 9.59 Å². The van der Waals surface area contributed by atoms with E-state index in [0.29, 0.717) is 11.1 Å². The first kappa shape index (κ1) is 22.8. The molecule has 1 aromatic heterocycles. The van der Waals surface area contributed by atoms with E-state index in [0.717, 1.165) is 15.5 Å². The van der Waals surface area contributed by atoms with E-state index in [9.17, 15) is 22.8 Å². The van der Waals surface area contributed by atoms with Gasteiger partial charge in [-0.05, 0) is 16.3 Å². The van der Waals surface area contributed by atoms with Crippen LogP contribution in [0.3, 0.4) is 0 Å². The van der Waals surface area contributed by atoms with E-state index in [1.165, 1.54) is 6.20 Å². The fourth-order valence-electron chi connectivity index (χ4n) is 4.64. The number of Topliss-reactive ketones (excluding diaryl/α,β-unsaturated/α-hetero) is 2. The largest absolute Gasteiger partial charge is 0.410 e. The summed E-state index contributed by atoms with van der Waals surface area (Å²) in [7, 11) is 0. The monoisotopic (exact) mass is 477 g/mol. The molecule has 0 fully saturated rings. The van der Waals surface area contributed by atoms with Crippen LogP contribution in [0.15, 0.2) is 79.0 Å². The third-order valence-electron chi connectivity index (χ3n) is 6.41. The Hall–Kier alpha value is -3.94. The summed E-state index contributed by atoms with van der Waals surface area (Å²) in [6.45, 7) is 0. The fraction of sp³-hybridized carbons (Fsp3) is 0.222. The van der Waals surface area contributed by atoms with Gasteiger partial charge in [-0.2, -0.15) is 18.3 Å². The lowest BCUT2D eigenvalue weighted by Gasteiger charge is -2.34. The summed E-state index contributed by atoms with van der Waals surface area (Å²) in [5.74, 6) is -0.587. The number of carbonyl (C=O) groups is 2. The topological polar surface area (TPSA) is 64.0 Å². The molecule has 5 rings (SSSR count). The Balaban J connectivity index is 1.39. The molecule has 0 saturated carbocycles. The quantitative estimate of drug-likeness (QED) is 0.320. The maximum atomic E-state index is 13.9. The van der Waals surface area contributed by atoms with Gasteiger partial charge in [-0.15, -0.1) is 0 Å². The van der Waals surface area contributed by atoms with Gasteiger partial charge in [0.1, 0.15) is 5.82 Å². The molecular weight excluding hydrogens is 455 g/mol. The first-order valence-corrected chi connectivity index (χ1v) is 11.3. The van der Waals surface area contributed by atoms with Crippen molar-refractivity contribution in [2.45, 2.75) is 37.5 Å². The molecule has 1 aliphatic heterocycles. The number of benzene rings is 3. The van der Waals surface area contributed by atoms with Crippen LogP contribution in [0.1, 0.15) is 57.6 Å². The van der Waals surface area contributed by atoms with Gasteiger partial charge in [0.25, 0.3) is 0 Å². The first-order valence-electron chi connectivity index (χ1n) is 11.3. The number of anilines is 1. The number of nitrogens with one attached hydrogen (secondary N) is 1. The number of alkyl halides is 3. The number of fused-ring (bicyclic) bond motifs is 2. The smallest absolute Gasteiger partial charge is 0.363 e. The van der Waals surface area contributed by atoms with Crippen molar-refractivity contribution in [2.75, 3.05) is 5.32 Å². The van der Waals surface area contributed by atoms with Crippen LogP contribution in [-0.2, 0) is 0 Å². The molecule has 178 valence electrons. The third kappa shape index (κ3) is 4.43. The molecule has 3 aromatic carbocycles. The number of carbonyl (C=O) groups excluding carboxylic acids is 2. The molecule has 8 heteroatoms. The van der Waals surface area contributed by atoms with Gasteiger partial charge in [-0.1, -0.05) is 72.8 Å². The van der Waals surface area contributed by atoms with Crippen molar-refractivity contribution in [1.82, 2.24) is 9.78 Å². The Morgan fingerprint density at radius 3 is 2.29 bits per heavy atom. The summed E-state index contributed by atoms with van der Waals surface area (Å²) in [5.41, 5.74) is 1.27. The predicted octanol–water partition coefficient (Wildman–Crippen LogP) is 6.54. The van der Waals surface area contributed by atoms with Crippen molar-refractivity contribution in [3.8, 4) is 0 Å². The second kappa shape index (κ2) is 9.02. The Morgan fingerprint density at radius 1 is 0.886 bits per heavy atom. The molecule has 0 amide bonds. The Bertz CT molecular complexity index is 1390. The van der Waals surface area contributed by atoms with E-state index in [-0.39, 0.29) is 36.4 Å². The highest BCUT2D eigenvalue weighted by Gasteiger charge is 2.47. The maximum Gasteiger partial charge on any atom is 0.410 e. The van der Waals surface area contributed by atoms with E-state index in [1.807, 2.05) is 30.3 Å². The fourth-order valence-corrected chi connectivity index (χ4v) is 4.64. The summed E-state index contributed by atoms with van der Waals surface area (Å²) in [6, 6.07) is 19.2. The molecule has 1 N–H and O–H groups in total. The summed E-state index contributed by atoms with van der Waals surface area (Å²) >= 11 is 0. The van der Waals surface area contributed by atoms with Gasteiger partial charge >= 0.3 is 6.18 Å². The van der Waals surface area contributed by atoms with E-state index in [4.69, 9.17) is 0 Å². The van der Waals surface area contributed by atoms with Crippen molar-refractivity contribution in [3.05, 3.63) is 95.7 Å². The Kier molecular flexibility index (Phi) is 5.88. The van der Waals surface area contributed by atoms with Crippen LogP contribution in [0, 0.1) is 0 Å². The van der Waals surface area contributed by atoms with E-state index >= 15 is 0 Å². The predicted molar refractivity (Wildman–Crippen MR) is 127 cm³/mol. The molecule has 0 radical (unpaired) electrons. The zero-order chi connectivity index (χ0) is 24.6. The molecule has 2 heterocycles. The first-order chi connectivity index (χ1) is 16.8. The average molecular weight is 477 g/mol. The summed E-state index contributed by atoms with van der Waals surface area (Å²) < 4.78 is 42.5. The SMILES string of the molecule is O=C(CCC(=O)c1cccc2ccccc12)c1cnn2c1N[C@H](c1ccccc1)C[C@@H]2C(F)(F)F. The van der Waals surface area contributed by atoms with Gasteiger partial charge in [0.15, 0.2) is 17.6 Å². The third-order valence-corrected chi connectivity index (χ3v) is 6.41. The highest BCUT2D eigenvalue weighted by Crippen LogP contribution is 2.44. The van der Waals surface area contributed by atoms with Crippen molar-refractivity contribution >= 4 is 28.2 Å². The van der Waals surface area contributed by atoms with Gasteiger partial charge in [0, 0.05) is 24.8 Å². The standard InChI is InChI=1S/C27H22F3N3O2/c28-27(29,30)25-15-22(18-8-2-1-3-9-18)32-26-21(16-31-33(25)26)24(35)14-13-23(34)20-12-6-10-17-7-4-5-11-19(17)20/h1-12,16,22,25,32H,13-15H2/t22-,25+/m0/s1. The summed E-state index contributed by atoms with van der Waals surface area (Å²) in [6.07, 6.45) is -3.79. The minimum Gasteiger partial charge on any atom is -0.363 e. The zero-order valence-corrected chi connectivity index (χ0v) is 18.6. The van der Waals surface area contributed by atoms with Crippen LogP contribution in [0.4, 0.5) is 19.0 Å². The molecule has 0 spiro atoms. The molecule has 35 heavy (non-hydrogen) atoms. The van der Waals surface area contributed by atoms with E-state index in [2.05, 4.69) is 10.4 Å². The number of ketones is 2. The second-order valence-electron chi connectivity index (χ2n) is 8.63. The van der Waals surface area contributed by atoms with Gasteiger partial charge in [-0.25, -0.2) is 4.68 Å². The Labute approximate surface area is 199 Å². The highest BCUT2D eigenvalue weighted by atomic mass is 19.4. The highest BCUT2D eigenvalue weighted by molar-refractivity contribution is 6.10. The Morgan fingerprint density at radius 2 is 1.54 bits per heavy atom. The van der Waals surface area contributed by atoms with Crippen molar-refractivity contribution in [1.29, 1.82) is 0 Å². The van der Waals surface area contributed by atoms with Crippen molar-refractivity contribution in [2.24, 2.45) is 0 Å². The van der Waals surface area contributed by atoms with E-state index in [1.54, 1.807) is 42.5 Å². The maximum absolute atomic E-state index is 13.9. The molecule has 0 saturated heterocycles. The number of halogens is 3. The minimum absolute atomic E-state index is 0.0371. The van der Waals surface area contributed by atoms with Crippen LogP contribution in [-0.4, -0.2) is 27.5 Å². The van der Waals surface area contributed by atoms with Crippen LogP contribution in [0.2, 0.25) is 0 Å². The molecule has 0 aliphatic carbocycles. The van der Waals surface area contributed by atoms with Gasteiger partial charge in [0.2, 0.25) is 0 Å². The van der Waals surface area contributed by atoms with Crippen LogP contribution >= 0.6 is 0 Å². The average Bonchev–Trinajstić information content (AvgIpc) is 3.30. The molecular formula is C27H22F3N3O2. The van der Waals surface area contributed by atoms with Crippen molar-refractivity contribution < 1.29 is 22.8 Å². The van der Waals surface area contributed by atoms with E-state index < -0.39 is 24.0 Å². The minimum atomic E-state index is -4.53. The lowest BCUT2D eigenvalue weighted by atomic mass is 9.95. The van der Waals surface area contributed by atoms with Crippen molar-refractivity contribution in [3.63, 3.8) is 0 Å². The zero-order valence-electron chi connectivity index (χ0n) is 18.6. The number of hydrogen-bond acceptors (Lipinski definition) is 4. The molecule has 1 aliphatic rings. The summed E-state index contributed by atoms with van der Waals surface area (Å²) in [5, 5.41) is 8.71. The molecule has 0 unspecified atom stereocenters. The number of rotatable bonds is 6. The molecule has 0 bridgehead atoms. The number of nitrogens with zero attached hydrogens (tertiary/aromatic N) is 2. The van der Waals surface area contributed by atoms with Crippen LogP contribution < -0.4 is 5.32 Å². The van der Waals surface area contributed by atoms with Gasteiger partial charge in [0.05, 0.1) is 17.8 Å². The molecule has 5 nitrogen and oxygen atoms in total. The molecule has 4 aromatic rings. The van der Waals surface area contributed by atoms with Crippen LogP contribution in [0.25, 0.3) is 10.8 Å². The van der Waals surface area contributed by atoms with Gasteiger partial charge < -0.3 is 5.32 Å². The number of aromatic nitrogens is 2. The van der Waals surface area contributed by atoms with Crippen LogP contribution in [0.5, 0.6) is 0 Å².